The van der Waals surface area contributed by atoms with Crippen LogP contribution in [0, 0.1) is 6.92 Å². The lowest BCUT2D eigenvalue weighted by atomic mass is 10.1. The molecule has 0 saturated carbocycles. The number of anilines is 1. The van der Waals surface area contributed by atoms with Crippen molar-refractivity contribution >= 4 is 50.7 Å². The summed E-state index contributed by atoms with van der Waals surface area (Å²) in [6, 6.07) is 19.0. The molecule has 0 spiro atoms. The Kier molecular flexibility index (Phi) is 11.0. The largest absolute Gasteiger partial charge is 0.352 e. The summed E-state index contributed by atoms with van der Waals surface area (Å²) in [5.41, 5.74) is 1.93. The van der Waals surface area contributed by atoms with Gasteiger partial charge in [-0.05, 0) is 62.6 Å². The minimum absolute atomic E-state index is 0.00881. The Morgan fingerprint density at radius 1 is 0.925 bits per heavy atom. The minimum Gasteiger partial charge on any atom is -0.352 e. The van der Waals surface area contributed by atoms with Crippen LogP contribution in [0.2, 0.25) is 10.0 Å². The molecule has 1 N–H and O–H groups in total. The van der Waals surface area contributed by atoms with Gasteiger partial charge in [0, 0.05) is 17.6 Å². The van der Waals surface area contributed by atoms with Crippen molar-refractivity contribution in [2.75, 3.05) is 10.8 Å². The standard InChI is InChI=1S/C30H35Cl2N3O4S/c1-5-22(4)33-30(37)27(6-2)34(19-23-14-12-21(3)13-15-23)29(36)20-35(28-18-24(31)16-17-26(28)32)40(38,39)25-10-8-7-9-11-25/h7-18,22,27H,5-6,19-20H2,1-4H3,(H,33,37)/t22-,27-/m1/s1. The van der Waals surface area contributed by atoms with E-state index in [1.165, 1.54) is 29.2 Å². The Labute approximate surface area is 247 Å². The van der Waals surface area contributed by atoms with Crippen LogP contribution in [0.3, 0.4) is 0 Å². The predicted molar refractivity (Wildman–Crippen MR) is 161 cm³/mol. The van der Waals surface area contributed by atoms with Crippen LogP contribution < -0.4 is 9.62 Å². The maximum atomic E-state index is 14.1. The summed E-state index contributed by atoms with van der Waals surface area (Å²) in [7, 11) is -4.23. The number of hydrogen-bond donors (Lipinski definition) is 1. The van der Waals surface area contributed by atoms with Gasteiger partial charge in [0.05, 0.1) is 15.6 Å². The van der Waals surface area contributed by atoms with Crippen molar-refractivity contribution in [1.82, 2.24) is 10.2 Å². The highest BCUT2D eigenvalue weighted by Gasteiger charge is 2.34. The van der Waals surface area contributed by atoms with Gasteiger partial charge in [-0.3, -0.25) is 13.9 Å². The van der Waals surface area contributed by atoms with Crippen molar-refractivity contribution in [3.8, 4) is 0 Å². The van der Waals surface area contributed by atoms with Crippen LogP contribution in [0.15, 0.2) is 77.7 Å². The van der Waals surface area contributed by atoms with E-state index >= 15 is 0 Å². The summed E-state index contributed by atoms with van der Waals surface area (Å²) in [5.74, 6) is -0.849. The van der Waals surface area contributed by atoms with E-state index in [4.69, 9.17) is 23.2 Å². The number of amides is 2. The second-order valence-electron chi connectivity index (χ2n) is 9.67. The molecule has 0 heterocycles. The molecule has 3 rings (SSSR count). The zero-order valence-corrected chi connectivity index (χ0v) is 25.4. The highest BCUT2D eigenvalue weighted by Crippen LogP contribution is 2.33. The first-order chi connectivity index (χ1) is 19.0. The van der Waals surface area contributed by atoms with Crippen molar-refractivity contribution in [3.63, 3.8) is 0 Å². The number of nitrogens with one attached hydrogen (secondary N) is 1. The summed E-state index contributed by atoms with van der Waals surface area (Å²) in [5, 5.41) is 3.34. The van der Waals surface area contributed by atoms with Crippen molar-refractivity contribution in [2.24, 2.45) is 0 Å². The lowest BCUT2D eigenvalue weighted by Gasteiger charge is -2.34. The van der Waals surface area contributed by atoms with Crippen molar-refractivity contribution in [2.45, 2.75) is 64.1 Å². The second kappa shape index (κ2) is 14.0. The molecule has 7 nitrogen and oxygen atoms in total. The predicted octanol–water partition coefficient (Wildman–Crippen LogP) is 6.22. The van der Waals surface area contributed by atoms with E-state index in [0.717, 1.165) is 21.9 Å². The molecule has 0 aromatic heterocycles. The topological polar surface area (TPSA) is 86.8 Å². The molecule has 0 aliphatic heterocycles. The number of halogens is 2. The number of sulfonamides is 1. The van der Waals surface area contributed by atoms with E-state index < -0.39 is 28.5 Å². The third-order valence-corrected chi connectivity index (χ3v) is 8.98. The van der Waals surface area contributed by atoms with Crippen molar-refractivity contribution < 1.29 is 18.0 Å². The first-order valence-electron chi connectivity index (χ1n) is 13.2. The number of nitrogens with zero attached hydrogens (tertiary/aromatic N) is 2. The molecule has 0 fully saturated rings. The second-order valence-corrected chi connectivity index (χ2v) is 12.4. The zero-order valence-electron chi connectivity index (χ0n) is 23.1. The van der Waals surface area contributed by atoms with Crippen molar-refractivity contribution in [3.05, 3.63) is 94.0 Å². The van der Waals surface area contributed by atoms with Gasteiger partial charge in [-0.25, -0.2) is 8.42 Å². The van der Waals surface area contributed by atoms with Crippen molar-refractivity contribution in [1.29, 1.82) is 0 Å². The van der Waals surface area contributed by atoms with Crippen LogP contribution in [0.4, 0.5) is 5.69 Å². The molecule has 40 heavy (non-hydrogen) atoms. The first kappa shape index (κ1) is 31.5. The molecule has 10 heteroatoms. The van der Waals surface area contributed by atoms with Gasteiger partial charge in [0.15, 0.2) is 0 Å². The molecule has 0 aliphatic rings. The Morgan fingerprint density at radius 2 is 1.57 bits per heavy atom. The SMILES string of the molecule is CC[C@@H](C)NC(=O)[C@@H](CC)N(Cc1ccc(C)cc1)C(=O)CN(c1cc(Cl)ccc1Cl)S(=O)(=O)c1ccccc1. The molecule has 0 bridgehead atoms. The molecule has 2 atom stereocenters. The Bertz CT molecular complexity index is 1420. The molecular formula is C30H35Cl2N3O4S. The van der Waals surface area contributed by atoms with E-state index in [0.29, 0.717) is 6.42 Å². The van der Waals surface area contributed by atoms with Crippen LogP contribution in [0.25, 0.3) is 0 Å². The molecule has 0 saturated heterocycles. The summed E-state index contributed by atoms with van der Waals surface area (Å²) >= 11 is 12.7. The van der Waals surface area contributed by atoms with Gasteiger partial charge < -0.3 is 10.2 Å². The maximum Gasteiger partial charge on any atom is 0.264 e. The van der Waals surface area contributed by atoms with Gasteiger partial charge in [0.2, 0.25) is 11.8 Å². The van der Waals surface area contributed by atoms with Crippen LogP contribution in [-0.2, 0) is 26.2 Å². The monoisotopic (exact) mass is 603 g/mol. The Morgan fingerprint density at radius 3 is 2.17 bits per heavy atom. The van der Waals surface area contributed by atoms with E-state index in [-0.39, 0.29) is 39.1 Å². The lowest BCUT2D eigenvalue weighted by molar-refractivity contribution is -0.140. The quantitative estimate of drug-likeness (QED) is 0.266. The number of carbonyl (C=O) groups excluding carboxylic acids is 2. The molecule has 0 aliphatic carbocycles. The summed E-state index contributed by atoms with van der Waals surface area (Å²) in [4.78, 5) is 28.9. The fraction of sp³-hybridized carbons (Fsp3) is 0.333. The number of hydrogen-bond acceptors (Lipinski definition) is 4. The smallest absolute Gasteiger partial charge is 0.264 e. The highest BCUT2D eigenvalue weighted by molar-refractivity contribution is 7.92. The zero-order chi connectivity index (χ0) is 29.4. The maximum absolute atomic E-state index is 14.1. The minimum atomic E-state index is -4.23. The Balaban J connectivity index is 2.08. The molecule has 3 aromatic rings. The normalized spacial score (nSPS) is 12.8. The number of benzene rings is 3. The fourth-order valence-corrected chi connectivity index (χ4v) is 6.04. The van der Waals surface area contributed by atoms with E-state index in [1.807, 2.05) is 52.0 Å². The summed E-state index contributed by atoms with van der Waals surface area (Å²) in [6.07, 6.45) is 1.06. The highest BCUT2D eigenvalue weighted by atomic mass is 35.5. The van der Waals surface area contributed by atoms with E-state index in [1.54, 1.807) is 24.3 Å². The average molecular weight is 605 g/mol. The molecular weight excluding hydrogens is 569 g/mol. The molecule has 0 unspecified atom stereocenters. The van der Waals surface area contributed by atoms with Gasteiger partial charge in [-0.15, -0.1) is 0 Å². The van der Waals surface area contributed by atoms with Crippen LogP contribution in [0.5, 0.6) is 0 Å². The third kappa shape index (κ3) is 7.77. The lowest BCUT2D eigenvalue weighted by Crippen LogP contribution is -2.53. The van der Waals surface area contributed by atoms with Gasteiger partial charge in [-0.1, -0.05) is 85.1 Å². The summed E-state index contributed by atoms with van der Waals surface area (Å²) < 4.78 is 28.7. The molecule has 3 aromatic carbocycles. The van der Waals surface area contributed by atoms with Gasteiger partial charge >= 0.3 is 0 Å². The Hall–Kier alpha value is -3.07. The number of aryl methyl sites for hydroxylation is 1. The third-order valence-electron chi connectivity index (χ3n) is 6.65. The van der Waals surface area contributed by atoms with Gasteiger partial charge in [0.1, 0.15) is 12.6 Å². The first-order valence-corrected chi connectivity index (χ1v) is 15.4. The van der Waals surface area contributed by atoms with Gasteiger partial charge in [0.25, 0.3) is 10.0 Å². The molecule has 214 valence electrons. The van der Waals surface area contributed by atoms with Crippen LogP contribution in [-0.4, -0.2) is 43.8 Å². The fourth-order valence-electron chi connectivity index (χ4n) is 4.16. The molecule has 0 radical (unpaired) electrons. The average Bonchev–Trinajstić information content (AvgIpc) is 2.94. The van der Waals surface area contributed by atoms with E-state index in [2.05, 4.69) is 5.32 Å². The van der Waals surface area contributed by atoms with Crippen LogP contribution in [0.1, 0.15) is 44.7 Å². The number of carbonyl (C=O) groups is 2. The van der Waals surface area contributed by atoms with E-state index in [9.17, 15) is 18.0 Å². The molecule has 2 amide bonds. The summed E-state index contributed by atoms with van der Waals surface area (Å²) in [6.45, 7) is 7.17. The number of rotatable bonds is 12. The van der Waals surface area contributed by atoms with Gasteiger partial charge in [-0.2, -0.15) is 0 Å². The van der Waals surface area contributed by atoms with Crippen LogP contribution >= 0.6 is 23.2 Å².